The molecule has 11 heteroatoms. The first-order valence-electron chi connectivity index (χ1n) is 9.14. The Morgan fingerprint density at radius 2 is 2.28 bits per heavy atom. The molecule has 10 nitrogen and oxygen atoms in total. The van der Waals surface area contributed by atoms with E-state index >= 15 is 0 Å². The van der Waals surface area contributed by atoms with Gasteiger partial charge in [-0.05, 0) is 12.5 Å². The number of aromatic nitrogens is 5. The Labute approximate surface area is 165 Å². The van der Waals surface area contributed by atoms with Crippen molar-refractivity contribution >= 4 is 12.0 Å². The second kappa shape index (κ2) is 7.86. The molecule has 2 aliphatic rings. The Morgan fingerprint density at radius 3 is 3.00 bits per heavy atom. The van der Waals surface area contributed by atoms with Gasteiger partial charge >= 0.3 is 6.09 Å². The lowest BCUT2D eigenvalue weighted by molar-refractivity contribution is -0.119. The van der Waals surface area contributed by atoms with Crippen molar-refractivity contribution in [2.45, 2.75) is 32.0 Å². The molecule has 1 fully saturated rings. The van der Waals surface area contributed by atoms with Gasteiger partial charge in [-0.15, -0.1) is 0 Å². The van der Waals surface area contributed by atoms with Crippen LogP contribution in [-0.4, -0.2) is 60.4 Å². The van der Waals surface area contributed by atoms with Crippen LogP contribution < -0.4 is 5.32 Å². The van der Waals surface area contributed by atoms with Crippen LogP contribution in [0, 0.1) is 0 Å². The van der Waals surface area contributed by atoms with Crippen LogP contribution in [0.5, 0.6) is 0 Å². The molecule has 1 aliphatic carbocycles. The Kier molecular flexibility index (Phi) is 5.10. The SMILES string of the molecule is CC(=O)NC[C@H]1CN(C2=CCC(n3cnc(Cn4cncn4)c3)C(F)=C2)C(=O)O1. The summed E-state index contributed by atoms with van der Waals surface area (Å²) in [6.45, 7) is 2.32. The fraction of sp³-hybridized carbons (Fsp3) is 0.389. The maximum atomic E-state index is 14.8. The number of halogens is 1. The molecule has 1 unspecified atom stereocenters. The fourth-order valence-electron chi connectivity index (χ4n) is 3.30. The maximum absolute atomic E-state index is 14.8. The largest absolute Gasteiger partial charge is 0.442 e. The molecule has 0 saturated carbocycles. The molecular weight excluding hydrogens is 381 g/mol. The molecule has 4 rings (SSSR count). The second-order valence-corrected chi connectivity index (χ2v) is 6.87. The molecule has 3 heterocycles. The van der Waals surface area contributed by atoms with E-state index in [1.54, 1.807) is 34.2 Å². The summed E-state index contributed by atoms with van der Waals surface area (Å²) in [6.07, 6.45) is 8.88. The van der Waals surface area contributed by atoms with Gasteiger partial charge < -0.3 is 14.6 Å². The zero-order valence-electron chi connectivity index (χ0n) is 15.7. The van der Waals surface area contributed by atoms with Crippen molar-refractivity contribution in [1.29, 1.82) is 0 Å². The molecule has 2 aromatic rings. The summed E-state index contributed by atoms with van der Waals surface area (Å²) in [7, 11) is 0. The van der Waals surface area contributed by atoms with Gasteiger partial charge in [0.05, 0.1) is 37.7 Å². The lowest BCUT2D eigenvalue weighted by atomic mass is 10.0. The van der Waals surface area contributed by atoms with Crippen LogP contribution in [0.3, 0.4) is 0 Å². The predicted octanol–water partition coefficient (Wildman–Crippen LogP) is 1.16. The summed E-state index contributed by atoms with van der Waals surface area (Å²) in [5, 5.41) is 6.64. The number of cyclic esters (lactones) is 1. The fourth-order valence-corrected chi connectivity index (χ4v) is 3.30. The van der Waals surface area contributed by atoms with Gasteiger partial charge in [0.1, 0.15) is 24.6 Å². The Morgan fingerprint density at radius 1 is 1.41 bits per heavy atom. The molecule has 0 bridgehead atoms. The van der Waals surface area contributed by atoms with E-state index in [1.807, 2.05) is 0 Å². The number of hydrogen-bond donors (Lipinski definition) is 1. The number of carbonyl (C=O) groups is 2. The van der Waals surface area contributed by atoms with Crippen molar-refractivity contribution in [2.75, 3.05) is 13.1 Å². The zero-order valence-corrected chi connectivity index (χ0v) is 15.7. The molecular formula is C18H20FN7O3. The van der Waals surface area contributed by atoms with E-state index in [9.17, 15) is 14.0 Å². The number of rotatable bonds is 6. The molecule has 1 aliphatic heterocycles. The zero-order chi connectivity index (χ0) is 20.4. The Bertz CT molecular complexity index is 966. The minimum absolute atomic E-state index is 0.200. The second-order valence-electron chi connectivity index (χ2n) is 6.87. The number of nitrogens with one attached hydrogen (secondary N) is 1. The van der Waals surface area contributed by atoms with Crippen molar-refractivity contribution < 1.29 is 18.7 Å². The van der Waals surface area contributed by atoms with E-state index in [4.69, 9.17) is 4.74 Å². The van der Waals surface area contributed by atoms with E-state index in [0.29, 0.717) is 18.7 Å². The molecule has 0 aromatic carbocycles. The van der Waals surface area contributed by atoms with Gasteiger partial charge in [-0.2, -0.15) is 5.10 Å². The monoisotopic (exact) mass is 401 g/mol. The van der Waals surface area contributed by atoms with Crippen molar-refractivity contribution in [2.24, 2.45) is 0 Å². The minimum Gasteiger partial charge on any atom is -0.442 e. The average molecular weight is 401 g/mol. The van der Waals surface area contributed by atoms with E-state index in [2.05, 4.69) is 20.4 Å². The predicted molar refractivity (Wildman–Crippen MR) is 97.9 cm³/mol. The molecule has 0 spiro atoms. The van der Waals surface area contributed by atoms with Gasteiger partial charge in [0.25, 0.3) is 0 Å². The van der Waals surface area contributed by atoms with Gasteiger partial charge in [0.2, 0.25) is 5.91 Å². The number of carbonyl (C=O) groups excluding carboxylic acids is 2. The van der Waals surface area contributed by atoms with E-state index in [-0.39, 0.29) is 24.8 Å². The van der Waals surface area contributed by atoms with Crippen LogP contribution in [-0.2, 0) is 16.1 Å². The minimum atomic E-state index is -0.549. The molecule has 2 atom stereocenters. The van der Waals surface area contributed by atoms with Crippen LogP contribution in [0.1, 0.15) is 25.1 Å². The summed E-state index contributed by atoms with van der Waals surface area (Å²) < 4.78 is 23.4. The molecule has 29 heavy (non-hydrogen) atoms. The third-order valence-electron chi connectivity index (χ3n) is 4.72. The third kappa shape index (κ3) is 4.18. The smallest absolute Gasteiger partial charge is 0.414 e. The molecule has 2 aromatic heterocycles. The van der Waals surface area contributed by atoms with Gasteiger partial charge in [-0.3, -0.25) is 9.69 Å². The summed E-state index contributed by atoms with van der Waals surface area (Å²) >= 11 is 0. The van der Waals surface area contributed by atoms with Gasteiger partial charge in [0, 0.05) is 18.8 Å². The van der Waals surface area contributed by atoms with Crippen LogP contribution in [0.15, 0.2) is 48.9 Å². The first kappa shape index (κ1) is 18.8. The number of nitrogens with zero attached hydrogens (tertiary/aromatic N) is 6. The highest BCUT2D eigenvalue weighted by Gasteiger charge is 2.34. The normalized spacial score (nSPS) is 21.6. The average Bonchev–Trinajstić information content (AvgIpc) is 3.42. The first-order chi connectivity index (χ1) is 14.0. The van der Waals surface area contributed by atoms with Crippen LogP contribution >= 0.6 is 0 Å². The molecule has 152 valence electrons. The highest BCUT2D eigenvalue weighted by Crippen LogP contribution is 2.32. The maximum Gasteiger partial charge on any atom is 0.414 e. The summed E-state index contributed by atoms with van der Waals surface area (Å²) in [5.41, 5.74) is 1.19. The number of amides is 2. The van der Waals surface area contributed by atoms with E-state index < -0.39 is 18.2 Å². The topological polar surface area (TPSA) is 107 Å². The number of hydrogen-bond acceptors (Lipinski definition) is 6. The standard InChI is InChI=1S/C18H20FN7O3/c1-12(27)21-5-15-8-26(18(28)29-15)14-2-3-17(16(19)4-14)24-6-13(22-11-24)7-25-10-20-9-23-25/h2,4,6,9-11,15,17H,3,5,7-8H2,1H3,(H,21,27)/t15-,17?/m0/s1. The van der Waals surface area contributed by atoms with Crippen LogP contribution in [0.25, 0.3) is 0 Å². The highest BCUT2D eigenvalue weighted by atomic mass is 19.1. The number of allylic oxidation sites excluding steroid dienone is 3. The quantitative estimate of drug-likeness (QED) is 0.779. The summed E-state index contributed by atoms with van der Waals surface area (Å²) in [6, 6.07) is -0.524. The van der Waals surface area contributed by atoms with Crippen molar-refractivity contribution in [3.63, 3.8) is 0 Å². The van der Waals surface area contributed by atoms with Crippen molar-refractivity contribution in [3.8, 4) is 0 Å². The van der Waals surface area contributed by atoms with Crippen molar-refractivity contribution in [1.82, 2.24) is 34.5 Å². The molecule has 1 N–H and O–H groups in total. The van der Waals surface area contributed by atoms with Crippen molar-refractivity contribution in [3.05, 3.63) is 54.5 Å². The van der Waals surface area contributed by atoms with Crippen LogP contribution in [0.4, 0.5) is 9.18 Å². The molecule has 2 amide bonds. The Balaban J connectivity index is 1.40. The Hall–Kier alpha value is -3.50. The molecule has 1 saturated heterocycles. The lowest BCUT2D eigenvalue weighted by Crippen LogP contribution is -2.33. The van der Waals surface area contributed by atoms with Gasteiger partial charge in [-0.25, -0.2) is 23.8 Å². The summed E-state index contributed by atoms with van der Waals surface area (Å²) in [5.74, 6) is -0.570. The first-order valence-corrected chi connectivity index (χ1v) is 9.14. The van der Waals surface area contributed by atoms with E-state index in [0.717, 1.165) is 5.69 Å². The van der Waals surface area contributed by atoms with Crippen LogP contribution in [0.2, 0.25) is 0 Å². The number of imidazole rings is 1. The lowest BCUT2D eigenvalue weighted by Gasteiger charge is -2.23. The van der Waals surface area contributed by atoms with E-state index in [1.165, 1.54) is 24.2 Å². The highest BCUT2D eigenvalue weighted by molar-refractivity contribution is 5.74. The van der Waals surface area contributed by atoms with Gasteiger partial charge in [0.15, 0.2) is 0 Å². The number of ether oxygens (including phenoxy) is 1. The van der Waals surface area contributed by atoms with Gasteiger partial charge in [-0.1, -0.05) is 6.08 Å². The summed E-state index contributed by atoms with van der Waals surface area (Å²) in [4.78, 5) is 32.7. The third-order valence-corrected chi connectivity index (χ3v) is 4.72. The molecule has 0 radical (unpaired) electrons.